The molecular formula is C15H25N3O. The molecule has 1 heterocycles. The van der Waals surface area contributed by atoms with Gasteiger partial charge < -0.3 is 20.7 Å². The third-order valence-electron chi connectivity index (χ3n) is 3.78. The van der Waals surface area contributed by atoms with Crippen molar-refractivity contribution in [2.24, 2.45) is 5.73 Å². The lowest BCUT2D eigenvalue weighted by molar-refractivity contribution is 0.225. The van der Waals surface area contributed by atoms with E-state index in [1.807, 2.05) is 6.07 Å². The fourth-order valence-corrected chi connectivity index (χ4v) is 2.73. The summed E-state index contributed by atoms with van der Waals surface area (Å²) in [6, 6.07) is 6.67. The highest BCUT2D eigenvalue weighted by Gasteiger charge is 2.21. The summed E-state index contributed by atoms with van der Waals surface area (Å²) in [4.78, 5) is 2.35. The molecule has 3 N–H and O–H groups in total. The van der Waals surface area contributed by atoms with Gasteiger partial charge >= 0.3 is 0 Å². The molecule has 106 valence electrons. The summed E-state index contributed by atoms with van der Waals surface area (Å²) in [5.74, 6) is 0.891. The monoisotopic (exact) mass is 263 g/mol. The van der Waals surface area contributed by atoms with Gasteiger partial charge in [0.1, 0.15) is 5.75 Å². The Morgan fingerprint density at radius 1 is 1.53 bits per heavy atom. The van der Waals surface area contributed by atoms with Crippen LogP contribution in [0.15, 0.2) is 18.2 Å². The van der Waals surface area contributed by atoms with E-state index in [2.05, 4.69) is 36.3 Å². The highest BCUT2D eigenvalue weighted by atomic mass is 16.5. The standard InChI is InChI=1S/C15H25N3O/c1-11-4-5-15(19-3)13(8-11)14(16)9-12-10-18(2)7-6-17-12/h4-5,8,12,14,17H,6-7,9-10,16H2,1-3H3. The van der Waals surface area contributed by atoms with Gasteiger partial charge in [0.15, 0.2) is 0 Å². The third-order valence-corrected chi connectivity index (χ3v) is 3.78. The predicted molar refractivity (Wildman–Crippen MR) is 78.6 cm³/mol. The van der Waals surface area contributed by atoms with Gasteiger partial charge in [-0.3, -0.25) is 0 Å². The SMILES string of the molecule is COc1ccc(C)cc1C(N)CC1CN(C)CCN1. The zero-order valence-electron chi connectivity index (χ0n) is 12.1. The first-order valence-corrected chi connectivity index (χ1v) is 6.92. The fraction of sp³-hybridized carbons (Fsp3) is 0.600. The van der Waals surface area contributed by atoms with Crippen molar-refractivity contribution >= 4 is 0 Å². The Balaban J connectivity index is 2.06. The van der Waals surface area contributed by atoms with Crippen molar-refractivity contribution in [3.63, 3.8) is 0 Å². The van der Waals surface area contributed by atoms with Crippen LogP contribution >= 0.6 is 0 Å². The van der Waals surface area contributed by atoms with Gasteiger partial charge in [0.05, 0.1) is 7.11 Å². The molecule has 0 bridgehead atoms. The molecule has 0 radical (unpaired) electrons. The van der Waals surface area contributed by atoms with Gasteiger partial charge in [-0.25, -0.2) is 0 Å². The first-order valence-electron chi connectivity index (χ1n) is 6.92. The van der Waals surface area contributed by atoms with E-state index in [9.17, 15) is 0 Å². The van der Waals surface area contributed by atoms with Gasteiger partial charge in [0.25, 0.3) is 0 Å². The second kappa shape index (κ2) is 6.37. The Hall–Kier alpha value is -1.10. The molecule has 2 rings (SSSR count). The van der Waals surface area contributed by atoms with Crippen LogP contribution in [0.2, 0.25) is 0 Å². The van der Waals surface area contributed by atoms with Crippen molar-refractivity contribution in [2.75, 3.05) is 33.8 Å². The molecule has 0 saturated carbocycles. The van der Waals surface area contributed by atoms with E-state index in [0.717, 1.165) is 37.4 Å². The molecule has 2 atom stereocenters. The number of hydrogen-bond donors (Lipinski definition) is 2. The number of nitrogens with zero attached hydrogens (tertiary/aromatic N) is 1. The molecule has 0 aliphatic carbocycles. The largest absolute Gasteiger partial charge is 0.496 e. The molecule has 1 aromatic rings. The molecule has 1 saturated heterocycles. The first kappa shape index (κ1) is 14.3. The average Bonchev–Trinajstić information content (AvgIpc) is 2.38. The van der Waals surface area contributed by atoms with Crippen molar-refractivity contribution in [1.29, 1.82) is 0 Å². The van der Waals surface area contributed by atoms with Crippen molar-refractivity contribution in [3.05, 3.63) is 29.3 Å². The minimum Gasteiger partial charge on any atom is -0.496 e. The Morgan fingerprint density at radius 2 is 2.32 bits per heavy atom. The van der Waals surface area contributed by atoms with E-state index in [1.165, 1.54) is 5.56 Å². The molecule has 1 fully saturated rings. The van der Waals surface area contributed by atoms with E-state index in [4.69, 9.17) is 10.5 Å². The van der Waals surface area contributed by atoms with Gasteiger partial charge in [0.2, 0.25) is 0 Å². The minimum absolute atomic E-state index is 0.0128. The zero-order chi connectivity index (χ0) is 13.8. The van der Waals surface area contributed by atoms with Crippen LogP contribution in [-0.2, 0) is 0 Å². The van der Waals surface area contributed by atoms with Crippen molar-refractivity contribution < 1.29 is 4.74 Å². The fourth-order valence-electron chi connectivity index (χ4n) is 2.73. The molecule has 0 spiro atoms. The second-order valence-corrected chi connectivity index (χ2v) is 5.50. The van der Waals surface area contributed by atoms with Gasteiger partial charge in [-0.1, -0.05) is 17.7 Å². The van der Waals surface area contributed by atoms with Crippen molar-refractivity contribution in [3.8, 4) is 5.75 Å². The highest BCUT2D eigenvalue weighted by molar-refractivity contribution is 5.39. The lowest BCUT2D eigenvalue weighted by Gasteiger charge is -2.32. The van der Waals surface area contributed by atoms with Crippen LogP contribution in [0.25, 0.3) is 0 Å². The van der Waals surface area contributed by atoms with Crippen LogP contribution in [-0.4, -0.2) is 44.7 Å². The summed E-state index contributed by atoms with van der Waals surface area (Å²) in [5.41, 5.74) is 8.71. The van der Waals surface area contributed by atoms with Crippen molar-refractivity contribution in [1.82, 2.24) is 10.2 Å². The van der Waals surface area contributed by atoms with Gasteiger partial charge in [0, 0.05) is 37.3 Å². The molecule has 1 aliphatic rings. The number of methoxy groups -OCH3 is 1. The van der Waals surface area contributed by atoms with Crippen LogP contribution < -0.4 is 15.8 Å². The summed E-state index contributed by atoms with van der Waals surface area (Å²) >= 11 is 0. The Morgan fingerprint density at radius 3 is 3.00 bits per heavy atom. The second-order valence-electron chi connectivity index (χ2n) is 5.50. The van der Waals surface area contributed by atoms with E-state index >= 15 is 0 Å². The molecule has 2 unspecified atom stereocenters. The molecule has 0 amide bonds. The van der Waals surface area contributed by atoms with Gasteiger partial charge in [-0.2, -0.15) is 0 Å². The Bertz CT molecular complexity index is 422. The van der Waals surface area contributed by atoms with Crippen LogP contribution in [0.3, 0.4) is 0 Å². The third kappa shape index (κ3) is 3.69. The van der Waals surface area contributed by atoms with Crippen LogP contribution in [0, 0.1) is 6.92 Å². The first-order chi connectivity index (χ1) is 9.10. The zero-order valence-corrected chi connectivity index (χ0v) is 12.1. The van der Waals surface area contributed by atoms with E-state index in [0.29, 0.717) is 6.04 Å². The van der Waals surface area contributed by atoms with Gasteiger partial charge in [-0.05, 0) is 26.5 Å². The molecule has 0 aromatic heterocycles. The maximum absolute atomic E-state index is 6.38. The minimum atomic E-state index is 0.0128. The lowest BCUT2D eigenvalue weighted by atomic mass is 9.96. The molecule has 4 nitrogen and oxygen atoms in total. The molecule has 1 aliphatic heterocycles. The number of nitrogens with one attached hydrogen (secondary N) is 1. The lowest BCUT2D eigenvalue weighted by Crippen LogP contribution is -2.49. The number of hydrogen-bond acceptors (Lipinski definition) is 4. The molecular weight excluding hydrogens is 238 g/mol. The topological polar surface area (TPSA) is 50.5 Å². The average molecular weight is 263 g/mol. The quantitative estimate of drug-likeness (QED) is 0.859. The van der Waals surface area contributed by atoms with Crippen LogP contribution in [0.1, 0.15) is 23.6 Å². The van der Waals surface area contributed by atoms with Crippen molar-refractivity contribution in [2.45, 2.75) is 25.4 Å². The number of nitrogens with two attached hydrogens (primary N) is 1. The number of benzene rings is 1. The Labute approximate surface area is 115 Å². The number of likely N-dealkylation sites (N-methyl/N-ethyl adjacent to an activating group) is 1. The number of aryl methyl sites for hydroxylation is 1. The molecule has 4 heteroatoms. The summed E-state index contributed by atoms with van der Waals surface area (Å²) in [6.07, 6.45) is 0.935. The number of rotatable bonds is 4. The molecule has 1 aromatic carbocycles. The normalized spacial score (nSPS) is 22.2. The summed E-state index contributed by atoms with van der Waals surface area (Å²) < 4.78 is 5.42. The predicted octanol–water partition coefficient (Wildman–Crippen LogP) is 1.30. The van der Waals surface area contributed by atoms with Crippen LogP contribution in [0.5, 0.6) is 5.75 Å². The summed E-state index contributed by atoms with van der Waals surface area (Å²) in [7, 11) is 3.86. The van der Waals surface area contributed by atoms with E-state index < -0.39 is 0 Å². The molecule has 19 heavy (non-hydrogen) atoms. The Kier molecular flexibility index (Phi) is 4.80. The van der Waals surface area contributed by atoms with Gasteiger partial charge in [-0.15, -0.1) is 0 Å². The van der Waals surface area contributed by atoms with Crippen LogP contribution in [0.4, 0.5) is 0 Å². The number of piperazine rings is 1. The maximum atomic E-state index is 6.38. The summed E-state index contributed by atoms with van der Waals surface area (Å²) in [5, 5.41) is 3.54. The maximum Gasteiger partial charge on any atom is 0.123 e. The number of ether oxygens (including phenoxy) is 1. The highest BCUT2D eigenvalue weighted by Crippen LogP contribution is 2.27. The summed E-state index contributed by atoms with van der Waals surface area (Å²) in [6.45, 7) is 5.29. The van der Waals surface area contributed by atoms with E-state index in [1.54, 1.807) is 7.11 Å². The van der Waals surface area contributed by atoms with E-state index in [-0.39, 0.29) is 6.04 Å². The smallest absolute Gasteiger partial charge is 0.123 e.